The zero-order chi connectivity index (χ0) is 10.7. The predicted molar refractivity (Wildman–Crippen MR) is 58.1 cm³/mol. The highest BCUT2D eigenvalue weighted by molar-refractivity contribution is 5.37. The molecule has 0 spiro atoms. The molecule has 1 aromatic rings. The van der Waals surface area contributed by atoms with Crippen molar-refractivity contribution in [1.29, 1.82) is 0 Å². The fourth-order valence-electron chi connectivity index (χ4n) is 1.71. The maximum absolute atomic E-state index is 8.73. The summed E-state index contributed by atoms with van der Waals surface area (Å²) >= 11 is 0. The van der Waals surface area contributed by atoms with Gasteiger partial charge in [0.05, 0.1) is 6.10 Å². The zero-order valence-corrected chi connectivity index (χ0v) is 8.99. The summed E-state index contributed by atoms with van der Waals surface area (Å²) in [4.78, 5) is 0. The van der Waals surface area contributed by atoms with Gasteiger partial charge in [-0.3, -0.25) is 0 Å². The van der Waals surface area contributed by atoms with Crippen LogP contribution in [0.2, 0.25) is 0 Å². The van der Waals surface area contributed by atoms with E-state index >= 15 is 0 Å². The van der Waals surface area contributed by atoms with Gasteiger partial charge < -0.3 is 9.94 Å². The molecule has 0 heterocycles. The van der Waals surface area contributed by atoms with Crippen molar-refractivity contribution < 1.29 is 9.94 Å². The van der Waals surface area contributed by atoms with E-state index in [2.05, 4.69) is 5.48 Å². The molecule has 1 aromatic carbocycles. The van der Waals surface area contributed by atoms with E-state index in [4.69, 9.17) is 9.94 Å². The Balaban J connectivity index is 2.12. The lowest BCUT2D eigenvalue weighted by molar-refractivity contribution is 0.115. The summed E-state index contributed by atoms with van der Waals surface area (Å²) in [5.74, 6) is 0.895. The molecule has 82 valence electrons. The van der Waals surface area contributed by atoms with E-state index < -0.39 is 0 Å². The van der Waals surface area contributed by atoms with Gasteiger partial charge in [0, 0.05) is 12.1 Å². The molecule has 15 heavy (non-hydrogen) atoms. The Morgan fingerprint density at radius 2 is 2.27 bits per heavy atom. The molecule has 0 unspecified atom stereocenters. The van der Waals surface area contributed by atoms with E-state index in [9.17, 15) is 0 Å². The SMILES string of the molecule is Cc1ccc(OC2CCC2)c(CNO)c1. The van der Waals surface area contributed by atoms with Gasteiger partial charge in [-0.25, -0.2) is 5.48 Å². The number of rotatable bonds is 4. The third-order valence-electron chi connectivity index (χ3n) is 2.83. The Labute approximate surface area is 90.0 Å². The fourth-order valence-corrected chi connectivity index (χ4v) is 1.71. The number of hydrogen-bond acceptors (Lipinski definition) is 3. The molecule has 0 aliphatic heterocycles. The maximum Gasteiger partial charge on any atom is 0.124 e. The Kier molecular flexibility index (Phi) is 3.23. The molecule has 0 radical (unpaired) electrons. The normalized spacial score (nSPS) is 16.1. The fraction of sp³-hybridized carbons (Fsp3) is 0.500. The van der Waals surface area contributed by atoms with Gasteiger partial charge in [0.1, 0.15) is 5.75 Å². The van der Waals surface area contributed by atoms with Gasteiger partial charge >= 0.3 is 0 Å². The van der Waals surface area contributed by atoms with Crippen LogP contribution in [-0.2, 0) is 6.54 Å². The molecular formula is C12H17NO2. The third-order valence-corrected chi connectivity index (χ3v) is 2.83. The number of benzene rings is 1. The lowest BCUT2D eigenvalue weighted by atomic mass is 9.96. The highest BCUT2D eigenvalue weighted by Crippen LogP contribution is 2.28. The van der Waals surface area contributed by atoms with Gasteiger partial charge in [-0.2, -0.15) is 0 Å². The molecule has 1 aliphatic rings. The van der Waals surface area contributed by atoms with Crippen molar-refractivity contribution in [1.82, 2.24) is 5.48 Å². The Morgan fingerprint density at radius 1 is 1.47 bits per heavy atom. The third kappa shape index (κ3) is 2.49. The molecule has 0 saturated heterocycles. The maximum atomic E-state index is 8.73. The number of nitrogens with one attached hydrogen (secondary N) is 1. The summed E-state index contributed by atoms with van der Waals surface area (Å²) in [6, 6.07) is 6.06. The van der Waals surface area contributed by atoms with Crippen LogP contribution in [0, 0.1) is 6.92 Å². The first kappa shape index (κ1) is 10.5. The van der Waals surface area contributed by atoms with E-state index in [1.54, 1.807) is 0 Å². The van der Waals surface area contributed by atoms with Crippen molar-refractivity contribution in [2.75, 3.05) is 0 Å². The molecule has 0 bridgehead atoms. The van der Waals surface area contributed by atoms with Crippen molar-refractivity contribution >= 4 is 0 Å². The average Bonchev–Trinajstić information content (AvgIpc) is 2.14. The topological polar surface area (TPSA) is 41.5 Å². The summed E-state index contributed by atoms with van der Waals surface area (Å²) < 4.78 is 5.84. The molecule has 0 amide bonds. The van der Waals surface area contributed by atoms with Crippen molar-refractivity contribution in [3.63, 3.8) is 0 Å². The van der Waals surface area contributed by atoms with Crippen molar-refractivity contribution in [2.24, 2.45) is 0 Å². The van der Waals surface area contributed by atoms with Crippen LogP contribution in [-0.4, -0.2) is 11.3 Å². The van der Waals surface area contributed by atoms with Crippen molar-refractivity contribution in [3.8, 4) is 5.75 Å². The van der Waals surface area contributed by atoms with Crippen LogP contribution >= 0.6 is 0 Å². The van der Waals surface area contributed by atoms with Gasteiger partial charge in [-0.05, 0) is 32.3 Å². The minimum absolute atomic E-state index is 0.380. The molecule has 0 atom stereocenters. The highest BCUT2D eigenvalue weighted by Gasteiger charge is 2.20. The molecule has 1 fully saturated rings. The first-order valence-corrected chi connectivity index (χ1v) is 5.43. The van der Waals surface area contributed by atoms with Gasteiger partial charge in [-0.15, -0.1) is 0 Å². The summed E-state index contributed by atoms with van der Waals surface area (Å²) in [7, 11) is 0. The van der Waals surface area contributed by atoms with E-state index in [0.29, 0.717) is 12.6 Å². The van der Waals surface area contributed by atoms with Crippen LogP contribution in [0.1, 0.15) is 30.4 Å². The minimum atomic E-state index is 0.380. The Bertz CT molecular complexity index is 334. The molecule has 1 saturated carbocycles. The first-order chi connectivity index (χ1) is 7.29. The van der Waals surface area contributed by atoms with Crippen molar-refractivity contribution in [3.05, 3.63) is 29.3 Å². The average molecular weight is 207 g/mol. The quantitative estimate of drug-likeness (QED) is 0.745. The number of aryl methyl sites for hydroxylation is 1. The van der Waals surface area contributed by atoms with Crippen LogP contribution in [0.5, 0.6) is 5.75 Å². The molecule has 2 rings (SSSR count). The number of ether oxygens (including phenoxy) is 1. The summed E-state index contributed by atoms with van der Waals surface area (Å²) in [5.41, 5.74) is 4.38. The van der Waals surface area contributed by atoms with Crippen LogP contribution < -0.4 is 10.2 Å². The largest absolute Gasteiger partial charge is 0.490 e. The highest BCUT2D eigenvalue weighted by atomic mass is 16.5. The number of hydroxylamine groups is 1. The summed E-state index contributed by atoms with van der Waals surface area (Å²) in [6.07, 6.45) is 3.95. The second-order valence-corrected chi connectivity index (χ2v) is 4.12. The van der Waals surface area contributed by atoms with E-state index in [0.717, 1.165) is 24.2 Å². The molecular weight excluding hydrogens is 190 g/mol. The van der Waals surface area contributed by atoms with Crippen LogP contribution in [0.15, 0.2) is 18.2 Å². The molecule has 3 heteroatoms. The molecule has 2 N–H and O–H groups in total. The number of hydrogen-bond donors (Lipinski definition) is 2. The van der Waals surface area contributed by atoms with E-state index in [-0.39, 0.29) is 0 Å². The second kappa shape index (κ2) is 4.64. The van der Waals surface area contributed by atoms with Gasteiger partial charge in [-0.1, -0.05) is 17.7 Å². The van der Waals surface area contributed by atoms with Gasteiger partial charge in [0.2, 0.25) is 0 Å². The monoisotopic (exact) mass is 207 g/mol. The van der Waals surface area contributed by atoms with Crippen LogP contribution in [0.3, 0.4) is 0 Å². The second-order valence-electron chi connectivity index (χ2n) is 4.12. The van der Waals surface area contributed by atoms with E-state index in [1.807, 2.05) is 25.1 Å². The van der Waals surface area contributed by atoms with Crippen LogP contribution in [0.4, 0.5) is 0 Å². The molecule has 3 nitrogen and oxygen atoms in total. The van der Waals surface area contributed by atoms with Gasteiger partial charge in [0.15, 0.2) is 0 Å². The predicted octanol–water partition coefficient (Wildman–Crippen LogP) is 2.41. The van der Waals surface area contributed by atoms with Crippen molar-refractivity contribution in [2.45, 2.75) is 38.8 Å². The Hall–Kier alpha value is -1.06. The lowest BCUT2D eigenvalue weighted by Crippen LogP contribution is -2.25. The summed E-state index contributed by atoms with van der Waals surface area (Å²) in [6.45, 7) is 2.47. The lowest BCUT2D eigenvalue weighted by Gasteiger charge is -2.27. The zero-order valence-electron chi connectivity index (χ0n) is 8.99. The standard InChI is InChI=1S/C12H17NO2/c1-9-5-6-12(10(7-9)8-13-14)15-11-3-2-4-11/h5-7,11,13-14H,2-4,8H2,1H3. The Morgan fingerprint density at radius 3 is 2.87 bits per heavy atom. The van der Waals surface area contributed by atoms with Gasteiger partial charge in [0.25, 0.3) is 0 Å². The summed E-state index contributed by atoms with van der Waals surface area (Å²) in [5, 5.41) is 8.73. The smallest absolute Gasteiger partial charge is 0.124 e. The molecule has 1 aliphatic carbocycles. The minimum Gasteiger partial charge on any atom is -0.490 e. The molecule has 0 aromatic heterocycles. The first-order valence-electron chi connectivity index (χ1n) is 5.43. The van der Waals surface area contributed by atoms with Crippen LogP contribution in [0.25, 0.3) is 0 Å². The van der Waals surface area contributed by atoms with E-state index in [1.165, 1.54) is 12.0 Å².